The molecule has 2 aromatic rings. The van der Waals surface area contributed by atoms with Gasteiger partial charge in [0.25, 0.3) is 10.0 Å². The fraction of sp³-hybridized carbons (Fsp3) is 0.0769. The summed E-state index contributed by atoms with van der Waals surface area (Å²) < 4.78 is 40.7. The number of halogens is 3. The number of hydrogen-bond acceptors (Lipinski definition) is 3. The lowest BCUT2D eigenvalue weighted by Crippen LogP contribution is -2.15. The Balaban J connectivity index is 2.43. The number of benzene rings is 2. The van der Waals surface area contributed by atoms with Gasteiger partial charge in [-0.05, 0) is 51.8 Å². The van der Waals surface area contributed by atoms with Crippen molar-refractivity contribution >= 4 is 43.2 Å². The van der Waals surface area contributed by atoms with Gasteiger partial charge in [0.15, 0.2) is 0 Å². The van der Waals surface area contributed by atoms with Crippen LogP contribution in [0.5, 0.6) is 0 Å². The molecule has 0 saturated carbocycles. The largest absolute Gasteiger partial charge is 0.392 e. The molecule has 0 aliphatic heterocycles. The number of aliphatic hydroxyl groups is 1. The predicted molar refractivity (Wildman–Crippen MR) is 82.3 cm³/mol. The third-order valence-corrected chi connectivity index (χ3v) is 5.24. The first-order valence-corrected chi connectivity index (χ1v) is 8.36. The number of rotatable bonds is 4. The van der Waals surface area contributed by atoms with Crippen molar-refractivity contribution in [1.29, 1.82) is 0 Å². The Hall–Kier alpha value is -1.15. The van der Waals surface area contributed by atoms with Crippen molar-refractivity contribution < 1.29 is 17.9 Å². The third kappa shape index (κ3) is 3.74. The molecule has 8 heteroatoms. The molecule has 0 aliphatic carbocycles. The number of hydrogen-bond donors (Lipinski definition) is 2. The molecule has 21 heavy (non-hydrogen) atoms. The van der Waals surface area contributed by atoms with Crippen LogP contribution in [0.25, 0.3) is 0 Å². The second-order valence-corrected chi connectivity index (χ2v) is 7.09. The minimum Gasteiger partial charge on any atom is -0.392 e. The second kappa shape index (κ2) is 6.31. The minimum atomic E-state index is -4.00. The van der Waals surface area contributed by atoms with Crippen LogP contribution in [0.4, 0.5) is 10.1 Å². The zero-order chi connectivity index (χ0) is 15.6. The molecular formula is C13H10BrClFNO3S. The summed E-state index contributed by atoms with van der Waals surface area (Å²) in [5, 5.41) is 9.24. The van der Waals surface area contributed by atoms with Gasteiger partial charge in [-0.3, -0.25) is 4.72 Å². The zero-order valence-corrected chi connectivity index (χ0v) is 13.6. The maximum absolute atomic E-state index is 13.7. The van der Waals surface area contributed by atoms with Crippen LogP contribution in [0.3, 0.4) is 0 Å². The molecule has 0 bridgehead atoms. The van der Waals surface area contributed by atoms with Crippen LogP contribution in [-0.2, 0) is 16.6 Å². The Kier molecular flexibility index (Phi) is 4.88. The van der Waals surface area contributed by atoms with Crippen LogP contribution >= 0.6 is 27.5 Å². The number of anilines is 1. The predicted octanol–water partition coefficient (Wildman–Crippen LogP) is 3.53. The number of nitrogens with one attached hydrogen (secondary N) is 1. The van der Waals surface area contributed by atoms with E-state index in [2.05, 4.69) is 20.7 Å². The van der Waals surface area contributed by atoms with E-state index in [9.17, 15) is 12.8 Å². The first-order chi connectivity index (χ1) is 9.83. The van der Waals surface area contributed by atoms with E-state index < -0.39 is 15.8 Å². The lowest BCUT2D eigenvalue weighted by Gasteiger charge is -2.11. The van der Waals surface area contributed by atoms with Crippen molar-refractivity contribution in [1.82, 2.24) is 0 Å². The van der Waals surface area contributed by atoms with E-state index in [0.29, 0.717) is 10.0 Å². The summed E-state index contributed by atoms with van der Waals surface area (Å²) in [6.07, 6.45) is 0. The highest BCUT2D eigenvalue weighted by molar-refractivity contribution is 9.10. The Morgan fingerprint density at radius 2 is 1.95 bits per heavy atom. The molecule has 0 heterocycles. The Morgan fingerprint density at radius 1 is 1.24 bits per heavy atom. The van der Waals surface area contributed by atoms with Gasteiger partial charge in [-0.15, -0.1) is 0 Å². The van der Waals surface area contributed by atoms with E-state index in [1.54, 1.807) is 6.07 Å². The molecule has 0 spiro atoms. The Labute approximate surface area is 134 Å². The van der Waals surface area contributed by atoms with Crippen molar-refractivity contribution in [2.45, 2.75) is 11.5 Å². The third-order valence-electron chi connectivity index (χ3n) is 2.64. The highest BCUT2D eigenvalue weighted by atomic mass is 79.9. The molecule has 0 aliphatic rings. The normalized spacial score (nSPS) is 11.4. The Bertz CT molecular complexity index is 783. The van der Waals surface area contributed by atoms with Crippen molar-refractivity contribution in [2.24, 2.45) is 0 Å². The average molecular weight is 395 g/mol. The van der Waals surface area contributed by atoms with Gasteiger partial charge < -0.3 is 5.11 Å². The van der Waals surface area contributed by atoms with Crippen molar-refractivity contribution in [3.8, 4) is 0 Å². The molecular weight excluding hydrogens is 385 g/mol. The molecule has 2 aromatic carbocycles. The van der Waals surface area contributed by atoms with Gasteiger partial charge in [-0.1, -0.05) is 17.7 Å². The minimum absolute atomic E-state index is 0.0941. The van der Waals surface area contributed by atoms with Crippen LogP contribution in [-0.4, -0.2) is 13.5 Å². The topological polar surface area (TPSA) is 66.4 Å². The summed E-state index contributed by atoms with van der Waals surface area (Å²) in [7, 11) is -4.00. The van der Waals surface area contributed by atoms with Crippen molar-refractivity contribution in [3.63, 3.8) is 0 Å². The van der Waals surface area contributed by atoms with Gasteiger partial charge in [0.05, 0.1) is 12.3 Å². The highest BCUT2D eigenvalue weighted by Crippen LogP contribution is 2.27. The number of aliphatic hydroxyl groups excluding tert-OH is 1. The number of sulfonamides is 1. The first kappa shape index (κ1) is 16.2. The molecule has 0 saturated heterocycles. The standard InChI is InChI=1S/C13H10BrClFNO3S/c14-10-3-1-8(7-18)5-13(10)21(19,20)17-12-4-2-9(15)6-11(12)16/h1-6,17-18H,7H2. The van der Waals surface area contributed by atoms with Crippen molar-refractivity contribution in [3.05, 3.63) is 57.3 Å². The van der Waals surface area contributed by atoms with Crippen LogP contribution in [0.1, 0.15) is 5.56 Å². The molecule has 0 atom stereocenters. The van der Waals surface area contributed by atoms with Crippen molar-refractivity contribution in [2.75, 3.05) is 4.72 Å². The van der Waals surface area contributed by atoms with E-state index in [4.69, 9.17) is 16.7 Å². The average Bonchev–Trinajstić information content (AvgIpc) is 2.42. The van der Waals surface area contributed by atoms with E-state index in [1.165, 1.54) is 24.3 Å². The summed E-state index contributed by atoms with van der Waals surface area (Å²) in [5.74, 6) is -0.777. The van der Waals surface area contributed by atoms with E-state index in [-0.39, 0.29) is 22.2 Å². The van der Waals surface area contributed by atoms with Gasteiger partial charge in [-0.25, -0.2) is 12.8 Å². The molecule has 0 aromatic heterocycles. The van der Waals surface area contributed by atoms with Gasteiger partial charge in [0.1, 0.15) is 10.7 Å². The summed E-state index contributed by atoms with van der Waals surface area (Å²) in [6.45, 7) is -0.300. The van der Waals surface area contributed by atoms with Gasteiger partial charge in [0, 0.05) is 9.50 Å². The van der Waals surface area contributed by atoms with Crippen LogP contribution < -0.4 is 4.72 Å². The summed E-state index contributed by atoms with van der Waals surface area (Å²) in [5.41, 5.74) is 0.218. The van der Waals surface area contributed by atoms with Gasteiger partial charge >= 0.3 is 0 Å². The van der Waals surface area contributed by atoms with Crippen LogP contribution in [0.15, 0.2) is 45.8 Å². The molecule has 0 amide bonds. The van der Waals surface area contributed by atoms with Gasteiger partial charge in [0.2, 0.25) is 0 Å². The van der Waals surface area contributed by atoms with Gasteiger partial charge in [-0.2, -0.15) is 0 Å². The lowest BCUT2D eigenvalue weighted by atomic mass is 10.2. The molecule has 2 rings (SSSR count). The first-order valence-electron chi connectivity index (χ1n) is 5.70. The fourth-order valence-electron chi connectivity index (χ4n) is 1.62. The fourth-order valence-corrected chi connectivity index (χ4v) is 3.87. The van der Waals surface area contributed by atoms with Crippen LogP contribution in [0, 0.1) is 5.82 Å². The maximum Gasteiger partial charge on any atom is 0.263 e. The second-order valence-electron chi connectivity index (χ2n) is 4.15. The molecule has 0 fully saturated rings. The summed E-state index contributed by atoms with van der Waals surface area (Å²) in [4.78, 5) is -0.0941. The van der Waals surface area contributed by atoms with E-state index >= 15 is 0 Å². The zero-order valence-electron chi connectivity index (χ0n) is 10.5. The highest BCUT2D eigenvalue weighted by Gasteiger charge is 2.20. The molecule has 4 nitrogen and oxygen atoms in total. The quantitative estimate of drug-likeness (QED) is 0.833. The SMILES string of the molecule is O=S(=O)(Nc1ccc(Cl)cc1F)c1cc(CO)ccc1Br. The van der Waals surface area contributed by atoms with E-state index in [0.717, 1.165) is 6.07 Å². The molecule has 0 unspecified atom stereocenters. The Morgan fingerprint density at radius 3 is 2.57 bits per heavy atom. The maximum atomic E-state index is 13.7. The van der Waals surface area contributed by atoms with E-state index in [1.807, 2.05) is 0 Å². The lowest BCUT2D eigenvalue weighted by molar-refractivity contribution is 0.281. The summed E-state index contributed by atoms with van der Waals surface area (Å²) in [6, 6.07) is 8.00. The summed E-state index contributed by atoms with van der Waals surface area (Å²) >= 11 is 8.74. The smallest absolute Gasteiger partial charge is 0.263 e. The van der Waals surface area contributed by atoms with Crippen LogP contribution in [0.2, 0.25) is 5.02 Å². The molecule has 2 N–H and O–H groups in total. The monoisotopic (exact) mass is 393 g/mol. The molecule has 0 radical (unpaired) electrons. The molecule has 112 valence electrons.